The maximum Gasteiger partial charge on any atom is 0.131 e. The van der Waals surface area contributed by atoms with Crippen LogP contribution in [0.5, 0.6) is 11.5 Å². The van der Waals surface area contributed by atoms with Gasteiger partial charge in [0.15, 0.2) is 0 Å². The van der Waals surface area contributed by atoms with Gasteiger partial charge >= 0.3 is 0 Å². The first kappa shape index (κ1) is 11.5. The third kappa shape index (κ3) is 1.85. The van der Waals surface area contributed by atoms with E-state index in [-0.39, 0.29) is 11.5 Å². The highest BCUT2D eigenvalue weighted by molar-refractivity contribution is 5.97. The molecule has 4 N–H and O–H groups in total. The Labute approximate surface area is 99.8 Å². The number of rotatable bonds is 2. The summed E-state index contributed by atoms with van der Waals surface area (Å²) in [6.45, 7) is 2.17. The zero-order valence-electron chi connectivity index (χ0n) is 9.64. The minimum atomic E-state index is 0.181. The van der Waals surface area contributed by atoms with Gasteiger partial charge in [-0.25, -0.2) is 0 Å². The normalized spacial score (nSPS) is 11.4. The zero-order valence-corrected chi connectivity index (χ0v) is 9.64. The molecule has 0 aliphatic heterocycles. The fourth-order valence-corrected chi connectivity index (χ4v) is 1.94. The summed E-state index contributed by atoms with van der Waals surface area (Å²) in [5, 5.41) is 21.6. The van der Waals surface area contributed by atoms with Crippen LogP contribution in [0.25, 0.3) is 16.8 Å². The molecule has 0 spiro atoms. The number of hydrogen-bond acceptors (Lipinski definition) is 3. The molecule has 0 amide bonds. The maximum atomic E-state index is 10.2. The van der Waals surface area contributed by atoms with E-state index >= 15 is 0 Å². The van der Waals surface area contributed by atoms with Gasteiger partial charge in [-0.2, -0.15) is 0 Å². The number of hydrogen-bond donors (Lipinski definition) is 3. The molecule has 2 rings (SSSR count). The van der Waals surface area contributed by atoms with Crippen molar-refractivity contribution in [1.82, 2.24) is 0 Å². The molecule has 0 aliphatic carbocycles. The molecule has 3 heteroatoms. The summed E-state index contributed by atoms with van der Waals surface area (Å²) in [4.78, 5) is 0. The molecule has 0 radical (unpaired) electrons. The summed E-state index contributed by atoms with van der Waals surface area (Å²) in [5.41, 5.74) is 6.67. The Morgan fingerprint density at radius 1 is 1.12 bits per heavy atom. The molecule has 0 saturated carbocycles. The van der Waals surface area contributed by atoms with Gasteiger partial charge in [0, 0.05) is 28.4 Å². The summed E-state index contributed by atoms with van der Waals surface area (Å²) in [5.74, 6) is 0.385. The Kier molecular flexibility index (Phi) is 3.02. The van der Waals surface area contributed by atoms with Crippen LogP contribution in [0.2, 0.25) is 0 Å². The van der Waals surface area contributed by atoms with Crippen molar-refractivity contribution in [3.8, 4) is 11.5 Å². The first-order chi connectivity index (χ1) is 8.16. The van der Waals surface area contributed by atoms with Gasteiger partial charge in [0.05, 0.1) is 0 Å². The Bertz CT molecular complexity index is 588. The van der Waals surface area contributed by atoms with E-state index in [4.69, 9.17) is 5.73 Å². The summed E-state index contributed by atoms with van der Waals surface area (Å²) in [6, 6.07) is 7.22. The van der Waals surface area contributed by atoms with Gasteiger partial charge in [0.1, 0.15) is 11.5 Å². The topological polar surface area (TPSA) is 66.5 Å². The molecule has 88 valence electrons. The van der Waals surface area contributed by atoms with Crippen LogP contribution in [-0.4, -0.2) is 16.8 Å². The first-order valence-electron chi connectivity index (χ1n) is 5.46. The van der Waals surface area contributed by atoms with E-state index in [1.165, 1.54) is 0 Å². The number of nitrogens with two attached hydrogens (primary N) is 1. The standard InChI is InChI=1S/C14H15NO2/c1-9-10(7-4-8-15)14(17)12-6-3-2-5-11(12)13(9)16/h2-7,16-17H,8,15H2,1H3. The van der Waals surface area contributed by atoms with E-state index in [1.807, 2.05) is 12.1 Å². The van der Waals surface area contributed by atoms with Crippen molar-refractivity contribution < 1.29 is 10.2 Å². The van der Waals surface area contributed by atoms with E-state index in [0.29, 0.717) is 28.4 Å². The van der Waals surface area contributed by atoms with Crippen molar-refractivity contribution >= 4 is 16.8 Å². The molecule has 3 nitrogen and oxygen atoms in total. The largest absolute Gasteiger partial charge is 0.507 e. The second-order valence-corrected chi connectivity index (χ2v) is 3.92. The third-order valence-corrected chi connectivity index (χ3v) is 2.87. The number of phenols is 2. The lowest BCUT2D eigenvalue weighted by molar-refractivity contribution is 0.465. The third-order valence-electron chi connectivity index (χ3n) is 2.87. The average molecular weight is 229 g/mol. The van der Waals surface area contributed by atoms with Gasteiger partial charge in [0.2, 0.25) is 0 Å². The van der Waals surface area contributed by atoms with Crippen LogP contribution >= 0.6 is 0 Å². The highest BCUT2D eigenvalue weighted by Gasteiger charge is 2.13. The molecule has 0 fully saturated rings. The van der Waals surface area contributed by atoms with E-state index in [0.717, 1.165) is 0 Å². The first-order valence-corrected chi connectivity index (χ1v) is 5.46. The van der Waals surface area contributed by atoms with Crippen LogP contribution in [0, 0.1) is 6.92 Å². The molecule has 0 atom stereocenters. The molecule has 0 heterocycles. The molecule has 0 aliphatic rings. The smallest absolute Gasteiger partial charge is 0.131 e. The second-order valence-electron chi connectivity index (χ2n) is 3.92. The minimum Gasteiger partial charge on any atom is -0.507 e. The molecule has 2 aromatic carbocycles. The Morgan fingerprint density at radius 2 is 1.71 bits per heavy atom. The summed E-state index contributed by atoms with van der Waals surface area (Å²) in [6.07, 6.45) is 3.48. The van der Waals surface area contributed by atoms with Crippen LogP contribution in [0.15, 0.2) is 30.3 Å². The number of aromatic hydroxyl groups is 2. The monoisotopic (exact) mass is 229 g/mol. The van der Waals surface area contributed by atoms with Crippen molar-refractivity contribution in [2.24, 2.45) is 5.73 Å². The van der Waals surface area contributed by atoms with E-state index < -0.39 is 0 Å². The zero-order chi connectivity index (χ0) is 12.4. The molecule has 0 bridgehead atoms. The Hall–Kier alpha value is -2.00. The summed E-state index contributed by atoms with van der Waals surface area (Å²) >= 11 is 0. The van der Waals surface area contributed by atoms with Crippen molar-refractivity contribution in [1.29, 1.82) is 0 Å². The van der Waals surface area contributed by atoms with Gasteiger partial charge in [-0.05, 0) is 6.92 Å². The summed E-state index contributed by atoms with van der Waals surface area (Å²) < 4.78 is 0. The van der Waals surface area contributed by atoms with Crippen molar-refractivity contribution in [3.05, 3.63) is 41.5 Å². The van der Waals surface area contributed by atoms with Crippen LogP contribution in [0.4, 0.5) is 0 Å². The molecule has 2 aromatic rings. The van der Waals surface area contributed by atoms with Crippen LogP contribution in [0.3, 0.4) is 0 Å². The van der Waals surface area contributed by atoms with Gasteiger partial charge in [0.25, 0.3) is 0 Å². The van der Waals surface area contributed by atoms with Gasteiger partial charge in [-0.15, -0.1) is 0 Å². The lowest BCUT2D eigenvalue weighted by Gasteiger charge is -2.11. The van der Waals surface area contributed by atoms with E-state index in [9.17, 15) is 10.2 Å². The number of fused-ring (bicyclic) bond motifs is 1. The lowest BCUT2D eigenvalue weighted by atomic mass is 9.98. The predicted molar refractivity (Wildman–Crippen MR) is 70.1 cm³/mol. The van der Waals surface area contributed by atoms with Crippen LogP contribution < -0.4 is 5.73 Å². The Balaban J connectivity index is 2.81. The minimum absolute atomic E-state index is 0.181. The molecule has 0 unspecified atom stereocenters. The maximum absolute atomic E-state index is 10.2. The molecule has 0 saturated heterocycles. The van der Waals surface area contributed by atoms with E-state index in [1.54, 1.807) is 31.2 Å². The fraction of sp³-hybridized carbons (Fsp3) is 0.143. The van der Waals surface area contributed by atoms with Gasteiger partial charge in [-0.1, -0.05) is 36.4 Å². The molecule has 17 heavy (non-hydrogen) atoms. The van der Waals surface area contributed by atoms with Crippen molar-refractivity contribution in [2.45, 2.75) is 6.92 Å². The van der Waals surface area contributed by atoms with Crippen molar-refractivity contribution in [2.75, 3.05) is 6.54 Å². The highest BCUT2D eigenvalue weighted by Crippen LogP contribution is 2.39. The Morgan fingerprint density at radius 3 is 2.29 bits per heavy atom. The fourth-order valence-electron chi connectivity index (χ4n) is 1.94. The highest BCUT2D eigenvalue weighted by atomic mass is 16.3. The van der Waals surface area contributed by atoms with Gasteiger partial charge < -0.3 is 15.9 Å². The average Bonchev–Trinajstić information content (AvgIpc) is 2.36. The predicted octanol–water partition coefficient (Wildman–Crippen LogP) is 2.53. The number of benzene rings is 2. The van der Waals surface area contributed by atoms with Crippen molar-refractivity contribution in [3.63, 3.8) is 0 Å². The second kappa shape index (κ2) is 4.47. The quantitative estimate of drug-likeness (QED) is 0.693. The SMILES string of the molecule is Cc1c(C=CCN)c(O)c2ccccc2c1O. The number of phenolic OH excluding ortho intramolecular Hbond substituents is 2. The van der Waals surface area contributed by atoms with Gasteiger partial charge in [-0.3, -0.25) is 0 Å². The molecular formula is C14H15NO2. The molecule has 0 aromatic heterocycles. The van der Waals surface area contributed by atoms with Crippen LogP contribution in [0.1, 0.15) is 11.1 Å². The summed E-state index contributed by atoms with van der Waals surface area (Å²) in [7, 11) is 0. The van der Waals surface area contributed by atoms with E-state index in [2.05, 4.69) is 0 Å². The van der Waals surface area contributed by atoms with Crippen LogP contribution in [-0.2, 0) is 0 Å². The lowest BCUT2D eigenvalue weighted by Crippen LogP contribution is -1.93. The molecular weight excluding hydrogens is 214 g/mol.